The summed E-state index contributed by atoms with van der Waals surface area (Å²) in [7, 11) is 0. The maximum atomic E-state index is 11.9. The van der Waals surface area contributed by atoms with Crippen molar-refractivity contribution in [2.75, 3.05) is 6.54 Å². The first-order chi connectivity index (χ1) is 8.88. The summed E-state index contributed by atoms with van der Waals surface area (Å²) in [5.41, 5.74) is 0. The summed E-state index contributed by atoms with van der Waals surface area (Å²) < 4.78 is 40.7. The topological polar surface area (TPSA) is 54.3 Å². The van der Waals surface area contributed by atoms with E-state index in [1.165, 1.54) is 6.26 Å². The molecule has 108 valence electrons. The molecule has 0 radical (unpaired) electrons. The second kappa shape index (κ2) is 7.18. The minimum Gasteiger partial charge on any atom is -0.467 e. The number of nitrogens with one attached hydrogen (secondary N) is 2. The summed E-state index contributed by atoms with van der Waals surface area (Å²) in [6, 6.07) is 2.89. The van der Waals surface area contributed by atoms with Crippen LogP contribution in [0.3, 0.4) is 0 Å². The van der Waals surface area contributed by atoms with Crippen molar-refractivity contribution < 1.29 is 22.4 Å². The molecule has 0 saturated heterocycles. The maximum absolute atomic E-state index is 11.9. The van der Waals surface area contributed by atoms with Crippen LogP contribution in [0.1, 0.15) is 25.5 Å². The van der Waals surface area contributed by atoms with Crippen molar-refractivity contribution in [3.63, 3.8) is 0 Å². The van der Waals surface area contributed by atoms with E-state index >= 15 is 0 Å². The molecule has 0 aliphatic carbocycles. The number of alkyl halides is 3. The molecule has 2 N–H and O–H groups in total. The fourth-order valence-electron chi connectivity index (χ4n) is 1.44. The second-order valence-corrected chi connectivity index (χ2v) is 4.19. The zero-order chi connectivity index (χ0) is 14.3. The molecule has 0 fully saturated rings. The average molecular weight is 278 g/mol. The normalized spacial score (nSPS) is 13.3. The fourth-order valence-corrected chi connectivity index (χ4v) is 1.44. The summed E-state index contributed by atoms with van der Waals surface area (Å²) in [5.74, 6) is 0.348. The van der Waals surface area contributed by atoms with Crippen molar-refractivity contribution in [3.05, 3.63) is 24.2 Å². The molecule has 1 aromatic heterocycles. The van der Waals surface area contributed by atoms with E-state index in [-0.39, 0.29) is 25.4 Å². The molecule has 0 aliphatic heterocycles. The Bertz CT molecular complexity index is 377. The lowest BCUT2D eigenvalue weighted by Crippen LogP contribution is -2.42. The van der Waals surface area contributed by atoms with Gasteiger partial charge < -0.3 is 15.1 Å². The molecule has 1 rings (SSSR count). The predicted octanol–water partition coefficient (Wildman–Crippen LogP) is 2.22. The van der Waals surface area contributed by atoms with Gasteiger partial charge in [0.1, 0.15) is 5.76 Å². The Morgan fingerprint density at radius 3 is 2.79 bits per heavy atom. The number of hydrogen-bond donors (Lipinski definition) is 2. The minimum absolute atomic E-state index is 0.0424. The van der Waals surface area contributed by atoms with Crippen molar-refractivity contribution in [3.8, 4) is 0 Å². The number of rotatable bonds is 7. The lowest BCUT2D eigenvalue weighted by Gasteiger charge is -2.14. The number of carbonyl (C=O) groups is 1. The van der Waals surface area contributed by atoms with E-state index in [4.69, 9.17) is 4.42 Å². The first-order valence-electron chi connectivity index (χ1n) is 5.99. The largest absolute Gasteiger partial charge is 0.467 e. The van der Waals surface area contributed by atoms with Crippen LogP contribution in [0.25, 0.3) is 0 Å². The van der Waals surface area contributed by atoms with E-state index in [1.807, 2.05) is 0 Å². The Morgan fingerprint density at radius 2 is 2.21 bits per heavy atom. The monoisotopic (exact) mass is 278 g/mol. The highest BCUT2D eigenvalue weighted by molar-refractivity contribution is 5.81. The van der Waals surface area contributed by atoms with Gasteiger partial charge in [0.25, 0.3) is 0 Å². The summed E-state index contributed by atoms with van der Waals surface area (Å²) in [6.07, 6.45) is -3.53. The second-order valence-electron chi connectivity index (χ2n) is 4.19. The van der Waals surface area contributed by atoms with Crippen molar-refractivity contribution in [2.45, 2.75) is 38.5 Å². The van der Waals surface area contributed by atoms with Gasteiger partial charge in [0.2, 0.25) is 5.91 Å². The van der Waals surface area contributed by atoms with Crippen LogP contribution in [0.5, 0.6) is 0 Å². The van der Waals surface area contributed by atoms with Gasteiger partial charge in [-0.05, 0) is 32.0 Å². The molecule has 19 heavy (non-hydrogen) atoms. The van der Waals surface area contributed by atoms with Gasteiger partial charge in [-0.1, -0.05) is 0 Å². The zero-order valence-electron chi connectivity index (χ0n) is 10.6. The Balaban J connectivity index is 2.14. The van der Waals surface area contributed by atoms with Crippen molar-refractivity contribution in [2.24, 2.45) is 0 Å². The third kappa shape index (κ3) is 6.85. The van der Waals surface area contributed by atoms with Crippen LogP contribution in [-0.2, 0) is 11.3 Å². The van der Waals surface area contributed by atoms with E-state index in [0.717, 1.165) is 0 Å². The predicted molar refractivity (Wildman–Crippen MR) is 63.3 cm³/mol. The minimum atomic E-state index is -4.15. The highest BCUT2D eigenvalue weighted by atomic mass is 19.4. The Morgan fingerprint density at radius 1 is 1.47 bits per heavy atom. The molecule has 0 saturated carbocycles. The van der Waals surface area contributed by atoms with Gasteiger partial charge in [-0.3, -0.25) is 4.79 Å². The van der Waals surface area contributed by atoms with Crippen molar-refractivity contribution in [1.29, 1.82) is 0 Å². The molecule has 4 nitrogen and oxygen atoms in total. The maximum Gasteiger partial charge on any atom is 0.389 e. The van der Waals surface area contributed by atoms with E-state index in [9.17, 15) is 18.0 Å². The molecular formula is C12H17F3N2O2. The summed E-state index contributed by atoms with van der Waals surface area (Å²) in [4.78, 5) is 11.6. The van der Waals surface area contributed by atoms with Crippen LogP contribution in [0.4, 0.5) is 13.2 Å². The van der Waals surface area contributed by atoms with Crippen LogP contribution in [0.15, 0.2) is 22.8 Å². The van der Waals surface area contributed by atoms with Gasteiger partial charge >= 0.3 is 6.18 Å². The molecule has 1 unspecified atom stereocenters. The number of hydrogen-bond acceptors (Lipinski definition) is 3. The van der Waals surface area contributed by atoms with E-state index < -0.39 is 18.6 Å². The Kier molecular flexibility index (Phi) is 5.88. The van der Waals surface area contributed by atoms with Gasteiger partial charge in [-0.25, -0.2) is 0 Å². The fraction of sp³-hybridized carbons (Fsp3) is 0.583. The van der Waals surface area contributed by atoms with Crippen LogP contribution in [-0.4, -0.2) is 24.7 Å². The molecule has 1 atom stereocenters. The van der Waals surface area contributed by atoms with Crippen molar-refractivity contribution >= 4 is 5.91 Å². The highest BCUT2D eigenvalue weighted by Gasteiger charge is 2.26. The number of amides is 1. The highest BCUT2D eigenvalue weighted by Crippen LogP contribution is 2.20. The third-order valence-electron chi connectivity index (χ3n) is 2.50. The van der Waals surface area contributed by atoms with E-state index in [2.05, 4.69) is 10.6 Å². The third-order valence-corrected chi connectivity index (χ3v) is 2.50. The molecule has 0 spiro atoms. The first-order valence-corrected chi connectivity index (χ1v) is 5.99. The first kappa shape index (κ1) is 15.6. The molecule has 1 aromatic rings. The number of carbonyl (C=O) groups excluding carboxylic acids is 1. The molecule has 1 heterocycles. The molecular weight excluding hydrogens is 261 g/mol. The SMILES string of the molecule is CC(NCCCC(F)(F)F)C(=O)NCc1ccco1. The number of halogens is 3. The molecule has 1 amide bonds. The number of furan rings is 1. The van der Waals surface area contributed by atoms with Crippen molar-refractivity contribution in [1.82, 2.24) is 10.6 Å². The zero-order valence-corrected chi connectivity index (χ0v) is 10.6. The molecule has 7 heteroatoms. The molecule has 0 aromatic carbocycles. The van der Waals surface area contributed by atoms with E-state index in [1.54, 1.807) is 19.1 Å². The van der Waals surface area contributed by atoms with Crippen LogP contribution < -0.4 is 10.6 Å². The molecule has 0 bridgehead atoms. The summed E-state index contributed by atoms with van der Waals surface area (Å²) >= 11 is 0. The lowest BCUT2D eigenvalue weighted by atomic mass is 10.2. The standard InChI is InChI=1S/C12H17F3N2O2/c1-9(16-6-3-5-12(13,14)15)11(18)17-8-10-4-2-7-19-10/h2,4,7,9,16H,3,5-6,8H2,1H3,(H,17,18). The molecule has 0 aliphatic rings. The quantitative estimate of drug-likeness (QED) is 0.752. The van der Waals surface area contributed by atoms with Gasteiger partial charge in [0.05, 0.1) is 18.8 Å². The van der Waals surface area contributed by atoms with Gasteiger partial charge in [-0.15, -0.1) is 0 Å². The Hall–Kier alpha value is -1.50. The van der Waals surface area contributed by atoms with Crippen LogP contribution in [0.2, 0.25) is 0 Å². The van der Waals surface area contributed by atoms with Crippen LogP contribution in [0, 0.1) is 0 Å². The van der Waals surface area contributed by atoms with Gasteiger partial charge in [0, 0.05) is 6.42 Å². The van der Waals surface area contributed by atoms with Gasteiger partial charge in [0.15, 0.2) is 0 Å². The lowest BCUT2D eigenvalue weighted by molar-refractivity contribution is -0.135. The van der Waals surface area contributed by atoms with Gasteiger partial charge in [-0.2, -0.15) is 13.2 Å². The average Bonchev–Trinajstić information content (AvgIpc) is 2.83. The van der Waals surface area contributed by atoms with Crippen LogP contribution >= 0.6 is 0 Å². The smallest absolute Gasteiger partial charge is 0.389 e. The van der Waals surface area contributed by atoms with E-state index in [0.29, 0.717) is 5.76 Å². The Labute approximate surface area is 109 Å². The summed E-state index contributed by atoms with van der Waals surface area (Å²) in [6.45, 7) is 2.01. The summed E-state index contributed by atoms with van der Waals surface area (Å²) in [5, 5.41) is 5.37.